The molecule has 1 unspecified atom stereocenters. The number of nitrogens with zero attached hydrogens (tertiary/aromatic N) is 1. The van der Waals surface area contributed by atoms with Crippen molar-refractivity contribution in [3.63, 3.8) is 0 Å². The molecule has 1 fully saturated rings. The topological polar surface area (TPSA) is 66.8 Å². The van der Waals surface area contributed by atoms with E-state index < -0.39 is 30.2 Å². The molecule has 1 saturated heterocycles. The average molecular weight is 255 g/mol. The number of carboxylic acid groups (broad SMARTS) is 1. The molecule has 5 nitrogen and oxygen atoms in total. The zero-order valence-corrected chi connectivity index (χ0v) is 9.08. The van der Waals surface area contributed by atoms with Crippen LogP contribution >= 0.6 is 0 Å². The fourth-order valence-electron chi connectivity index (χ4n) is 1.91. The maximum absolute atomic E-state index is 12.9. The molecule has 0 saturated carbocycles. The number of hydrogen-bond acceptors (Lipinski definition) is 3. The molecular weight excluding hydrogens is 243 g/mol. The smallest absolute Gasteiger partial charge is 0.422 e. The van der Waals surface area contributed by atoms with E-state index >= 15 is 0 Å². The molecule has 98 valence electrons. The van der Waals surface area contributed by atoms with Gasteiger partial charge in [0.2, 0.25) is 5.54 Å². The minimum atomic E-state index is -5.03. The molecule has 0 bridgehead atoms. The predicted molar refractivity (Wildman–Crippen MR) is 49.4 cm³/mol. The summed E-state index contributed by atoms with van der Waals surface area (Å²) in [6, 6.07) is 0. The van der Waals surface area contributed by atoms with Crippen LogP contribution in [0.4, 0.5) is 18.0 Å². The summed E-state index contributed by atoms with van der Waals surface area (Å²) < 4.78 is 43.1. The molecule has 1 heterocycles. The molecule has 17 heavy (non-hydrogen) atoms. The van der Waals surface area contributed by atoms with Crippen LogP contribution in [0.25, 0.3) is 0 Å². The largest absolute Gasteiger partial charge is 0.479 e. The molecule has 1 atom stereocenters. The Morgan fingerprint density at radius 1 is 1.47 bits per heavy atom. The van der Waals surface area contributed by atoms with Crippen molar-refractivity contribution < 1.29 is 32.6 Å². The Hall–Kier alpha value is -1.47. The van der Waals surface area contributed by atoms with E-state index in [0.717, 1.165) is 0 Å². The van der Waals surface area contributed by atoms with Crippen LogP contribution < -0.4 is 0 Å². The number of ether oxygens (including phenoxy) is 1. The van der Waals surface area contributed by atoms with E-state index in [0.29, 0.717) is 0 Å². The van der Waals surface area contributed by atoms with E-state index in [-0.39, 0.29) is 24.5 Å². The monoisotopic (exact) mass is 255 g/mol. The highest BCUT2D eigenvalue weighted by molar-refractivity contribution is 5.86. The minimum absolute atomic E-state index is 0.0232. The molecule has 0 aliphatic carbocycles. The number of likely N-dealkylation sites (tertiary alicyclic amines) is 1. The van der Waals surface area contributed by atoms with Gasteiger partial charge in [0.15, 0.2) is 0 Å². The number of carbonyl (C=O) groups is 2. The predicted octanol–water partition coefficient (Wildman–Crippen LogP) is 1.62. The normalized spacial score (nSPS) is 24.8. The summed E-state index contributed by atoms with van der Waals surface area (Å²) in [5.74, 6) is -2.07. The number of halogens is 3. The fraction of sp³-hybridized carbons (Fsp3) is 0.778. The van der Waals surface area contributed by atoms with E-state index in [1.54, 1.807) is 0 Å². The quantitative estimate of drug-likeness (QED) is 0.814. The molecule has 1 rings (SSSR count). The Labute approximate surface area is 95.1 Å². The zero-order valence-electron chi connectivity index (χ0n) is 9.08. The van der Waals surface area contributed by atoms with Crippen molar-refractivity contribution in [2.24, 2.45) is 0 Å². The molecular formula is C9H12F3NO4. The van der Waals surface area contributed by atoms with Gasteiger partial charge in [0, 0.05) is 6.54 Å². The van der Waals surface area contributed by atoms with E-state index in [9.17, 15) is 22.8 Å². The van der Waals surface area contributed by atoms with Crippen molar-refractivity contribution in [3.8, 4) is 0 Å². The summed E-state index contributed by atoms with van der Waals surface area (Å²) in [5, 5.41) is 8.82. The molecule has 0 aromatic heterocycles. The zero-order chi connectivity index (χ0) is 13.3. The number of amides is 1. The van der Waals surface area contributed by atoms with Gasteiger partial charge in [-0.05, 0) is 19.8 Å². The van der Waals surface area contributed by atoms with Crippen LogP contribution in [-0.4, -0.2) is 46.9 Å². The van der Waals surface area contributed by atoms with Crippen LogP contribution in [0.15, 0.2) is 0 Å². The third-order valence-corrected chi connectivity index (χ3v) is 2.69. The van der Waals surface area contributed by atoms with E-state index in [2.05, 4.69) is 4.74 Å². The average Bonchev–Trinajstić information content (AvgIpc) is 2.61. The third-order valence-electron chi connectivity index (χ3n) is 2.69. The summed E-state index contributed by atoms with van der Waals surface area (Å²) >= 11 is 0. The number of aliphatic carboxylic acids is 1. The number of alkyl halides is 3. The van der Waals surface area contributed by atoms with Crippen LogP contribution in [0.2, 0.25) is 0 Å². The Balaban J connectivity index is 3.12. The standard InChI is InChI=1S/C9H12F3NO4/c1-2-17-7(16)13-5-3-4-8(13,6(14)15)9(10,11)12/h2-5H2,1H3,(H,14,15). The molecule has 0 aromatic carbocycles. The second kappa shape index (κ2) is 4.42. The van der Waals surface area contributed by atoms with Crippen LogP contribution in [0, 0.1) is 0 Å². The lowest BCUT2D eigenvalue weighted by molar-refractivity contribution is -0.226. The number of hydrogen-bond donors (Lipinski definition) is 1. The summed E-state index contributed by atoms with van der Waals surface area (Å²) in [5.41, 5.74) is -3.15. The van der Waals surface area contributed by atoms with Crippen LogP contribution in [0.1, 0.15) is 19.8 Å². The van der Waals surface area contributed by atoms with E-state index in [1.807, 2.05) is 0 Å². The number of rotatable bonds is 2. The lowest BCUT2D eigenvalue weighted by Gasteiger charge is -2.35. The van der Waals surface area contributed by atoms with Crippen LogP contribution in [0.5, 0.6) is 0 Å². The van der Waals surface area contributed by atoms with Gasteiger partial charge < -0.3 is 9.84 Å². The van der Waals surface area contributed by atoms with Gasteiger partial charge >= 0.3 is 18.2 Å². The molecule has 0 aromatic rings. The summed E-state index contributed by atoms with van der Waals surface area (Å²) in [4.78, 5) is 22.5. The molecule has 1 aliphatic heterocycles. The van der Waals surface area contributed by atoms with Gasteiger partial charge in [-0.15, -0.1) is 0 Å². The van der Waals surface area contributed by atoms with Crippen molar-refractivity contribution in [1.29, 1.82) is 0 Å². The van der Waals surface area contributed by atoms with Gasteiger partial charge in [-0.25, -0.2) is 9.59 Å². The Bertz CT molecular complexity index is 331. The van der Waals surface area contributed by atoms with E-state index in [1.165, 1.54) is 6.92 Å². The second-order valence-corrected chi connectivity index (χ2v) is 3.62. The molecule has 0 radical (unpaired) electrons. The van der Waals surface area contributed by atoms with Crippen molar-refractivity contribution in [3.05, 3.63) is 0 Å². The Morgan fingerprint density at radius 3 is 2.47 bits per heavy atom. The summed E-state index contributed by atoms with van der Waals surface area (Å²) in [7, 11) is 0. The van der Waals surface area contributed by atoms with Crippen molar-refractivity contribution in [1.82, 2.24) is 4.90 Å². The van der Waals surface area contributed by atoms with Crippen molar-refractivity contribution in [2.75, 3.05) is 13.2 Å². The van der Waals surface area contributed by atoms with Gasteiger partial charge in [0.1, 0.15) is 0 Å². The van der Waals surface area contributed by atoms with Gasteiger partial charge in [-0.1, -0.05) is 0 Å². The van der Waals surface area contributed by atoms with Gasteiger partial charge in [0.25, 0.3) is 0 Å². The van der Waals surface area contributed by atoms with Crippen molar-refractivity contribution >= 4 is 12.1 Å². The number of carbonyl (C=O) groups excluding carboxylic acids is 1. The first-order chi connectivity index (χ1) is 7.77. The molecule has 1 amide bonds. The lowest BCUT2D eigenvalue weighted by atomic mass is 9.96. The Kier molecular flexibility index (Phi) is 3.53. The van der Waals surface area contributed by atoms with Crippen LogP contribution in [0.3, 0.4) is 0 Å². The maximum Gasteiger partial charge on any atom is 0.422 e. The SMILES string of the molecule is CCOC(=O)N1CCCC1(C(=O)O)C(F)(F)F. The highest BCUT2D eigenvalue weighted by atomic mass is 19.4. The molecule has 8 heteroatoms. The number of carboxylic acids is 1. The first-order valence-electron chi connectivity index (χ1n) is 5.02. The highest BCUT2D eigenvalue weighted by Crippen LogP contribution is 2.43. The lowest BCUT2D eigenvalue weighted by Crippen LogP contribution is -2.62. The minimum Gasteiger partial charge on any atom is -0.479 e. The summed E-state index contributed by atoms with van der Waals surface area (Å²) in [6.45, 7) is 1.05. The van der Waals surface area contributed by atoms with Crippen molar-refractivity contribution in [2.45, 2.75) is 31.5 Å². The van der Waals surface area contributed by atoms with Crippen LogP contribution in [-0.2, 0) is 9.53 Å². The molecule has 1 N–H and O–H groups in total. The molecule has 0 spiro atoms. The second-order valence-electron chi connectivity index (χ2n) is 3.62. The van der Waals surface area contributed by atoms with Gasteiger partial charge in [-0.2, -0.15) is 13.2 Å². The first-order valence-corrected chi connectivity index (χ1v) is 5.02. The third kappa shape index (κ3) is 2.03. The van der Waals surface area contributed by atoms with Gasteiger partial charge in [0.05, 0.1) is 6.61 Å². The van der Waals surface area contributed by atoms with E-state index in [4.69, 9.17) is 5.11 Å². The first kappa shape index (κ1) is 13.6. The fourth-order valence-corrected chi connectivity index (χ4v) is 1.91. The maximum atomic E-state index is 12.9. The molecule has 1 aliphatic rings. The Morgan fingerprint density at radius 2 is 2.06 bits per heavy atom. The summed E-state index contributed by atoms with van der Waals surface area (Å²) in [6.07, 6.45) is -6.94. The van der Waals surface area contributed by atoms with Gasteiger partial charge in [-0.3, -0.25) is 4.90 Å². The highest BCUT2D eigenvalue weighted by Gasteiger charge is 2.68.